The molecule has 0 aromatic rings. The van der Waals surface area contributed by atoms with Gasteiger partial charge in [-0.25, -0.2) is 0 Å². The van der Waals surface area contributed by atoms with Crippen LogP contribution in [-0.2, 0) is 9.59 Å². The summed E-state index contributed by atoms with van der Waals surface area (Å²) in [6.07, 6.45) is -5.66. The van der Waals surface area contributed by atoms with Crippen molar-refractivity contribution >= 4 is 11.6 Å². The van der Waals surface area contributed by atoms with Crippen LogP contribution in [0.3, 0.4) is 0 Å². The second-order valence-electron chi connectivity index (χ2n) is 4.31. The van der Waals surface area contributed by atoms with E-state index in [2.05, 4.69) is 0 Å². The number of hydrogen-bond donors (Lipinski definition) is 0. The minimum atomic E-state index is -4.27. The van der Waals surface area contributed by atoms with Crippen LogP contribution < -0.4 is 0 Å². The van der Waals surface area contributed by atoms with Gasteiger partial charge < -0.3 is 4.79 Å². The molecule has 0 spiro atoms. The zero-order chi connectivity index (χ0) is 12.9. The lowest BCUT2D eigenvalue weighted by molar-refractivity contribution is -0.143. The summed E-state index contributed by atoms with van der Waals surface area (Å²) < 4.78 is 36.1. The predicted octanol–water partition coefficient (Wildman–Crippen LogP) is 3.15. The van der Waals surface area contributed by atoms with Crippen molar-refractivity contribution in [1.82, 2.24) is 0 Å². The molecule has 1 unspecified atom stereocenters. The third kappa shape index (κ3) is 6.58. The van der Waals surface area contributed by atoms with E-state index in [0.717, 1.165) is 0 Å². The maximum absolute atomic E-state index is 12.0. The maximum atomic E-state index is 12.0. The van der Waals surface area contributed by atoms with Crippen LogP contribution in [0.4, 0.5) is 13.2 Å². The SMILES string of the molecule is CC(=O)CC(CCC(F)(F)F)C(=O)C(C)C. The van der Waals surface area contributed by atoms with Gasteiger partial charge in [-0.05, 0) is 13.3 Å². The number of carbonyl (C=O) groups is 2. The number of rotatable bonds is 6. The minimum Gasteiger partial charge on any atom is -0.300 e. The van der Waals surface area contributed by atoms with Crippen LogP contribution in [0.5, 0.6) is 0 Å². The fourth-order valence-corrected chi connectivity index (χ4v) is 1.50. The summed E-state index contributed by atoms with van der Waals surface area (Å²) >= 11 is 0. The summed E-state index contributed by atoms with van der Waals surface area (Å²) in [4.78, 5) is 22.4. The molecule has 0 aliphatic rings. The highest BCUT2D eigenvalue weighted by molar-refractivity contribution is 5.88. The molecule has 0 radical (unpaired) electrons. The topological polar surface area (TPSA) is 34.1 Å². The standard InChI is InChI=1S/C11H17F3O2/c1-7(2)10(16)9(6-8(3)15)4-5-11(12,13)14/h7,9H,4-6H2,1-3H3. The lowest BCUT2D eigenvalue weighted by Crippen LogP contribution is -2.24. The summed E-state index contributed by atoms with van der Waals surface area (Å²) in [7, 11) is 0. The molecule has 5 heteroatoms. The molecule has 0 aromatic heterocycles. The first-order valence-electron chi connectivity index (χ1n) is 5.23. The largest absolute Gasteiger partial charge is 0.389 e. The Morgan fingerprint density at radius 2 is 1.69 bits per heavy atom. The van der Waals surface area contributed by atoms with E-state index in [9.17, 15) is 22.8 Å². The first kappa shape index (κ1) is 15.1. The highest BCUT2D eigenvalue weighted by atomic mass is 19.4. The van der Waals surface area contributed by atoms with E-state index in [1.807, 2.05) is 0 Å². The van der Waals surface area contributed by atoms with Gasteiger partial charge in [-0.2, -0.15) is 13.2 Å². The van der Waals surface area contributed by atoms with Gasteiger partial charge in [-0.1, -0.05) is 13.8 Å². The average Bonchev–Trinajstić information content (AvgIpc) is 2.08. The second kappa shape index (κ2) is 6.01. The van der Waals surface area contributed by atoms with Crippen LogP contribution in [0.15, 0.2) is 0 Å². The van der Waals surface area contributed by atoms with E-state index >= 15 is 0 Å². The van der Waals surface area contributed by atoms with Gasteiger partial charge >= 0.3 is 6.18 Å². The smallest absolute Gasteiger partial charge is 0.300 e. The summed E-state index contributed by atoms with van der Waals surface area (Å²) in [5.74, 6) is -1.64. The van der Waals surface area contributed by atoms with Crippen molar-refractivity contribution in [3.63, 3.8) is 0 Å². The van der Waals surface area contributed by atoms with Crippen LogP contribution in [0.1, 0.15) is 40.0 Å². The van der Waals surface area contributed by atoms with Crippen LogP contribution in [0.25, 0.3) is 0 Å². The van der Waals surface area contributed by atoms with E-state index in [1.54, 1.807) is 13.8 Å². The van der Waals surface area contributed by atoms with Crippen LogP contribution in [0.2, 0.25) is 0 Å². The van der Waals surface area contributed by atoms with Gasteiger partial charge in [0, 0.05) is 24.7 Å². The lowest BCUT2D eigenvalue weighted by Gasteiger charge is -2.17. The minimum absolute atomic E-state index is 0.0902. The number of halogens is 3. The number of ketones is 2. The number of Topliss-reactive ketones (excluding diaryl/α,β-unsaturated/α-hetero) is 2. The van der Waals surface area contributed by atoms with Crippen molar-refractivity contribution in [3.8, 4) is 0 Å². The molecule has 0 N–H and O–H groups in total. The first-order valence-corrected chi connectivity index (χ1v) is 5.23. The molecule has 0 aliphatic carbocycles. The molecule has 0 aromatic carbocycles. The van der Waals surface area contributed by atoms with E-state index in [-0.39, 0.29) is 30.3 Å². The molecule has 0 amide bonds. The quantitative estimate of drug-likeness (QED) is 0.712. The number of carbonyl (C=O) groups excluding carboxylic acids is 2. The van der Waals surface area contributed by atoms with Gasteiger partial charge in [0.2, 0.25) is 0 Å². The van der Waals surface area contributed by atoms with E-state index in [0.29, 0.717) is 0 Å². The zero-order valence-corrected chi connectivity index (χ0v) is 9.73. The Bertz CT molecular complexity index is 256. The summed E-state index contributed by atoms with van der Waals surface area (Å²) in [5.41, 5.74) is 0. The molecule has 0 saturated heterocycles. The Morgan fingerprint density at radius 1 is 1.19 bits per heavy atom. The Balaban J connectivity index is 4.44. The molecule has 0 rings (SSSR count). The van der Waals surface area contributed by atoms with Crippen LogP contribution >= 0.6 is 0 Å². The third-order valence-electron chi connectivity index (χ3n) is 2.28. The van der Waals surface area contributed by atoms with Crippen molar-refractivity contribution in [3.05, 3.63) is 0 Å². The van der Waals surface area contributed by atoms with Crippen molar-refractivity contribution in [2.45, 2.75) is 46.2 Å². The van der Waals surface area contributed by atoms with E-state index < -0.39 is 18.5 Å². The van der Waals surface area contributed by atoms with Crippen molar-refractivity contribution in [1.29, 1.82) is 0 Å². The average molecular weight is 238 g/mol. The van der Waals surface area contributed by atoms with Gasteiger partial charge in [0.25, 0.3) is 0 Å². The summed E-state index contributed by atoms with van der Waals surface area (Å²) in [6, 6.07) is 0. The van der Waals surface area contributed by atoms with Gasteiger partial charge in [0.1, 0.15) is 11.6 Å². The molecule has 1 atom stereocenters. The molecule has 0 fully saturated rings. The molecule has 0 bridgehead atoms. The molecule has 16 heavy (non-hydrogen) atoms. The Hall–Kier alpha value is -0.870. The van der Waals surface area contributed by atoms with Crippen molar-refractivity contribution in [2.75, 3.05) is 0 Å². The normalized spacial score (nSPS) is 13.9. The fraction of sp³-hybridized carbons (Fsp3) is 0.818. The molecule has 0 saturated carbocycles. The summed E-state index contributed by atoms with van der Waals surface area (Å²) in [6.45, 7) is 4.54. The number of alkyl halides is 3. The van der Waals surface area contributed by atoms with Gasteiger partial charge in [-0.3, -0.25) is 4.79 Å². The van der Waals surface area contributed by atoms with Gasteiger partial charge in [0.15, 0.2) is 0 Å². The number of hydrogen-bond acceptors (Lipinski definition) is 2. The predicted molar refractivity (Wildman–Crippen MR) is 53.9 cm³/mol. The van der Waals surface area contributed by atoms with Gasteiger partial charge in [-0.15, -0.1) is 0 Å². The first-order chi connectivity index (χ1) is 7.13. The van der Waals surface area contributed by atoms with Crippen LogP contribution in [0, 0.1) is 11.8 Å². The van der Waals surface area contributed by atoms with E-state index in [4.69, 9.17) is 0 Å². The second-order valence-corrected chi connectivity index (χ2v) is 4.31. The Morgan fingerprint density at radius 3 is 2.00 bits per heavy atom. The fourth-order valence-electron chi connectivity index (χ4n) is 1.50. The highest BCUT2D eigenvalue weighted by Crippen LogP contribution is 2.27. The highest BCUT2D eigenvalue weighted by Gasteiger charge is 2.31. The molecular formula is C11H17F3O2. The summed E-state index contributed by atoms with van der Waals surface area (Å²) in [5, 5.41) is 0. The Kier molecular flexibility index (Phi) is 5.68. The lowest BCUT2D eigenvalue weighted by atomic mass is 9.87. The monoisotopic (exact) mass is 238 g/mol. The molecule has 2 nitrogen and oxygen atoms in total. The molecule has 0 heterocycles. The molecule has 94 valence electrons. The van der Waals surface area contributed by atoms with Crippen molar-refractivity contribution in [2.24, 2.45) is 11.8 Å². The third-order valence-corrected chi connectivity index (χ3v) is 2.28. The molecular weight excluding hydrogens is 221 g/mol. The maximum Gasteiger partial charge on any atom is 0.389 e. The zero-order valence-electron chi connectivity index (χ0n) is 9.73. The van der Waals surface area contributed by atoms with Crippen molar-refractivity contribution < 1.29 is 22.8 Å². The van der Waals surface area contributed by atoms with Gasteiger partial charge in [0.05, 0.1) is 0 Å². The molecule has 0 aliphatic heterocycles. The Labute approximate surface area is 93.2 Å². The van der Waals surface area contributed by atoms with E-state index in [1.165, 1.54) is 6.92 Å². The van der Waals surface area contributed by atoms with Crippen LogP contribution in [-0.4, -0.2) is 17.7 Å².